The van der Waals surface area contributed by atoms with Crippen LogP contribution in [0, 0.1) is 0 Å². The van der Waals surface area contributed by atoms with Crippen molar-refractivity contribution in [2.45, 2.75) is 0 Å². The van der Waals surface area contributed by atoms with E-state index in [0.717, 1.165) is 17.4 Å². The predicted octanol–water partition coefficient (Wildman–Crippen LogP) is 1.39. The molecule has 140 valence electrons. The first kappa shape index (κ1) is 19.5. The van der Waals surface area contributed by atoms with Gasteiger partial charge in [0.1, 0.15) is 17.2 Å². The molecule has 0 aliphatic rings. The number of hydrogen-bond acceptors (Lipinski definition) is 6. The van der Waals surface area contributed by atoms with Crippen molar-refractivity contribution >= 4 is 24.1 Å². The maximum absolute atomic E-state index is 11.7. The fourth-order valence-corrected chi connectivity index (χ4v) is 1.97. The largest absolute Gasteiger partial charge is 0.508 e. The summed E-state index contributed by atoms with van der Waals surface area (Å²) >= 11 is 0. The summed E-state index contributed by atoms with van der Waals surface area (Å²) in [6, 6.07) is 11.1. The predicted molar refractivity (Wildman–Crippen MR) is 101 cm³/mol. The van der Waals surface area contributed by atoms with E-state index in [1.165, 1.54) is 24.4 Å². The molecule has 0 aliphatic heterocycles. The molecule has 0 atom stereocenters. The van der Waals surface area contributed by atoms with E-state index in [9.17, 15) is 19.8 Å². The molecule has 0 saturated heterocycles. The van der Waals surface area contributed by atoms with E-state index in [1.54, 1.807) is 37.5 Å². The smallest absolute Gasteiger partial charge is 0.259 e. The Hall–Kier alpha value is -3.81. The number of phenols is 2. The third-order valence-electron chi connectivity index (χ3n) is 3.37. The molecule has 2 aromatic rings. The van der Waals surface area contributed by atoms with Crippen LogP contribution in [0.15, 0.2) is 53.6 Å². The van der Waals surface area contributed by atoms with Crippen LogP contribution in [0.4, 0.5) is 0 Å². The Bertz CT molecular complexity index is 860. The highest BCUT2D eigenvalue weighted by Gasteiger charge is 2.03. The third-order valence-corrected chi connectivity index (χ3v) is 3.37. The van der Waals surface area contributed by atoms with E-state index >= 15 is 0 Å². The van der Waals surface area contributed by atoms with Crippen LogP contribution < -0.4 is 15.5 Å². The lowest BCUT2D eigenvalue weighted by Gasteiger charge is -2.02. The number of benzene rings is 2. The third kappa shape index (κ3) is 6.54. The van der Waals surface area contributed by atoms with Gasteiger partial charge in [0.2, 0.25) is 5.91 Å². The molecule has 8 heteroatoms. The van der Waals surface area contributed by atoms with Crippen molar-refractivity contribution in [1.29, 1.82) is 0 Å². The molecule has 8 nitrogen and oxygen atoms in total. The van der Waals surface area contributed by atoms with Gasteiger partial charge in [0.15, 0.2) is 0 Å². The van der Waals surface area contributed by atoms with Crippen LogP contribution in [0.5, 0.6) is 17.2 Å². The number of methoxy groups -OCH3 is 1. The zero-order chi connectivity index (χ0) is 19.6. The first-order valence-electron chi connectivity index (χ1n) is 7.92. The van der Waals surface area contributed by atoms with Crippen LogP contribution in [0.25, 0.3) is 6.08 Å². The highest BCUT2D eigenvalue weighted by Crippen LogP contribution is 2.20. The van der Waals surface area contributed by atoms with E-state index in [1.807, 2.05) is 0 Å². The van der Waals surface area contributed by atoms with Crippen molar-refractivity contribution in [2.75, 3.05) is 13.7 Å². The normalized spacial score (nSPS) is 10.9. The SMILES string of the molecule is COc1ccc(C=CC(=O)NCC(=O)N/N=C/c2ccc(O)cc2O)cc1. The first-order valence-corrected chi connectivity index (χ1v) is 7.92. The number of carbonyl (C=O) groups is 2. The van der Waals surface area contributed by atoms with Gasteiger partial charge in [0.25, 0.3) is 5.91 Å². The first-order chi connectivity index (χ1) is 13.0. The summed E-state index contributed by atoms with van der Waals surface area (Å²) in [4.78, 5) is 23.4. The summed E-state index contributed by atoms with van der Waals surface area (Å²) < 4.78 is 5.05. The molecule has 0 heterocycles. The molecule has 0 saturated carbocycles. The number of aromatic hydroxyl groups is 2. The zero-order valence-corrected chi connectivity index (χ0v) is 14.5. The van der Waals surface area contributed by atoms with E-state index < -0.39 is 11.8 Å². The fourth-order valence-electron chi connectivity index (χ4n) is 1.97. The summed E-state index contributed by atoms with van der Waals surface area (Å²) in [5, 5.41) is 24.9. The number of carbonyl (C=O) groups excluding carboxylic acids is 2. The molecular formula is C19H19N3O5. The summed E-state index contributed by atoms with van der Waals surface area (Å²) in [6.45, 7) is -0.259. The van der Waals surface area contributed by atoms with E-state index in [0.29, 0.717) is 5.56 Å². The molecule has 2 rings (SSSR count). The highest BCUT2D eigenvalue weighted by molar-refractivity contribution is 5.94. The second-order valence-corrected chi connectivity index (χ2v) is 5.36. The summed E-state index contributed by atoms with van der Waals surface area (Å²) in [5.74, 6) is -0.504. The van der Waals surface area contributed by atoms with Gasteiger partial charge in [-0.2, -0.15) is 5.10 Å². The van der Waals surface area contributed by atoms with E-state index in [2.05, 4.69) is 15.8 Å². The summed E-state index contributed by atoms with van der Waals surface area (Å²) in [7, 11) is 1.57. The van der Waals surface area contributed by atoms with Gasteiger partial charge in [-0.1, -0.05) is 12.1 Å². The standard InChI is InChI=1S/C19H19N3O5/c1-27-16-7-2-13(3-8-16)4-9-18(25)20-12-19(26)22-21-11-14-5-6-15(23)10-17(14)24/h2-11,23-24H,12H2,1H3,(H,20,25)(H,22,26)/b9-4?,21-11+. The second-order valence-electron chi connectivity index (χ2n) is 5.36. The van der Waals surface area contributed by atoms with Gasteiger partial charge in [-0.3, -0.25) is 9.59 Å². The Kier molecular flexibility index (Phi) is 6.95. The van der Waals surface area contributed by atoms with Crippen molar-refractivity contribution in [3.8, 4) is 17.2 Å². The van der Waals surface area contributed by atoms with Gasteiger partial charge in [0.05, 0.1) is 19.9 Å². The molecule has 0 bridgehead atoms. The topological polar surface area (TPSA) is 120 Å². The van der Waals surface area contributed by atoms with E-state index in [-0.39, 0.29) is 18.0 Å². The highest BCUT2D eigenvalue weighted by atomic mass is 16.5. The second kappa shape index (κ2) is 9.62. The van der Waals surface area contributed by atoms with Crippen molar-refractivity contribution in [3.63, 3.8) is 0 Å². The number of phenolic OH excluding ortho intramolecular Hbond substituents is 2. The van der Waals surface area contributed by atoms with E-state index in [4.69, 9.17) is 4.74 Å². The van der Waals surface area contributed by atoms with Crippen molar-refractivity contribution in [2.24, 2.45) is 5.10 Å². The average Bonchev–Trinajstić information content (AvgIpc) is 2.67. The average molecular weight is 369 g/mol. The molecular weight excluding hydrogens is 350 g/mol. The number of nitrogens with one attached hydrogen (secondary N) is 2. The Balaban J connectivity index is 1.76. The van der Waals surface area contributed by atoms with Gasteiger partial charge in [-0.15, -0.1) is 0 Å². The molecule has 0 fully saturated rings. The zero-order valence-electron chi connectivity index (χ0n) is 14.5. The Morgan fingerprint density at radius 3 is 2.56 bits per heavy atom. The monoisotopic (exact) mass is 369 g/mol. The molecule has 2 aromatic carbocycles. The number of ether oxygens (including phenoxy) is 1. The van der Waals surface area contributed by atoms with Crippen LogP contribution in [0.3, 0.4) is 0 Å². The minimum Gasteiger partial charge on any atom is -0.508 e. The van der Waals surface area contributed by atoms with Gasteiger partial charge in [0, 0.05) is 17.7 Å². The van der Waals surface area contributed by atoms with Crippen molar-refractivity contribution < 1.29 is 24.5 Å². The number of nitrogens with zero attached hydrogens (tertiary/aromatic N) is 1. The molecule has 0 aliphatic carbocycles. The van der Waals surface area contributed by atoms with Gasteiger partial charge >= 0.3 is 0 Å². The lowest BCUT2D eigenvalue weighted by Crippen LogP contribution is -2.34. The van der Waals surface area contributed by atoms with Crippen molar-refractivity contribution in [1.82, 2.24) is 10.7 Å². The van der Waals surface area contributed by atoms with Crippen LogP contribution in [0.2, 0.25) is 0 Å². The van der Waals surface area contributed by atoms with Crippen LogP contribution in [0.1, 0.15) is 11.1 Å². The maximum Gasteiger partial charge on any atom is 0.259 e. The lowest BCUT2D eigenvalue weighted by atomic mass is 10.2. The van der Waals surface area contributed by atoms with Gasteiger partial charge in [-0.25, -0.2) is 5.43 Å². The Morgan fingerprint density at radius 2 is 1.89 bits per heavy atom. The fraction of sp³-hybridized carbons (Fsp3) is 0.105. The molecule has 27 heavy (non-hydrogen) atoms. The number of hydrogen-bond donors (Lipinski definition) is 4. The summed E-state index contributed by atoms with van der Waals surface area (Å²) in [6.07, 6.45) is 4.14. The molecule has 0 spiro atoms. The molecule has 0 unspecified atom stereocenters. The molecule has 4 N–H and O–H groups in total. The quantitative estimate of drug-likeness (QED) is 0.334. The molecule has 0 aromatic heterocycles. The lowest BCUT2D eigenvalue weighted by molar-refractivity contribution is -0.123. The number of amides is 2. The van der Waals surface area contributed by atoms with Gasteiger partial charge < -0.3 is 20.3 Å². The Labute approximate surface area is 155 Å². The van der Waals surface area contributed by atoms with Crippen LogP contribution in [-0.2, 0) is 9.59 Å². The molecule has 0 radical (unpaired) electrons. The Morgan fingerprint density at radius 1 is 1.15 bits per heavy atom. The van der Waals surface area contributed by atoms with Crippen molar-refractivity contribution in [3.05, 3.63) is 59.7 Å². The van der Waals surface area contributed by atoms with Gasteiger partial charge in [-0.05, 0) is 35.9 Å². The summed E-state index contributed by atoms with van der Waals surface area (Å²) in [5.41, 5.74) is 3.35. The van der Waals surface area contributed by atoms with Crippen LogP contribution >= 0.6 is 0 Å². The number of hydrazone groups is 1. The number of rotatable bonds is 7. The minimum absolute atomic E-state index is 0.0842. The minimum atomic E-state index is -0.532. The molecule has 2 amide bonds. The maximum atomic E-state index is 11.7. The van der Waals surface area contributed by atoms with Crippen LogP contribution in [-0.4, -0.2) is 41.9 Å².